The lowest BCUT2D eigenvalue weighted by molar-refractivity contribution is -0.135. The van der Waals surface area contributed by atoms with Crippen molar-refractivity contribution >= 4 is 62.1 Å². The van der Waals surface area contributed by atoms with Gasteiger partial charge in [0.15, 0.2) is 5.82 Å². The maximum atomic E-state index is 17.3. The number of carbonyl (C=O) groups excluding carboxylic acids is 3. The second-order valence-corrected chi connectivity index (χ2v) is 24.0. The number of ether oxygens (including phenoxy) is 2. The number of nitrogens with one attached hydrogen (secondary N) is 1. The Balaban J connectivity index is 0.646. The number of benzene rings is 3. The van der Waals surface area contributed by atoms with Crippen molar-refractivity contribution in [1.29, 1.82) is 0 Å². The third kappa shape index (κ3) is 9.17. The van der Waals surface area contributed by atoms with Crippen LogP contribution in [0.25, 0.3) is 44.0 Å². The zero-order valence-electron chi connectivity index (χ0n) is 45.8. The van der Waals surface area contributed by atoms with Crippen molar-refractivity contribution in [2.45, 2.75) is 125 Å². The number of likely N-dealkylation sites (tertiary alicyclic amines) is 2. The van der Waals surface area contributed by atoms with Crippen LogP contribution in [-0.4, -0.2) is 161 Å². The smallest absolute Gasteiger partial charge is 0.410 e. The van der Waals surface area contributed by atoms with E-state index in [4.69, 9.17) is 20.9 Å². The number of fused-ring (bicyclic) bond motifs is 4. The van der Waals surface area contributed by atoms with E-state index in [9.17, 15) is 29.4 Å². The first-order valence-corrected chi connectivity index (χ1v) is 28.7. The lowest BCUT2D eigenvalue weighted by Crippen LogP contribution is -2.66. The Morgan fingerprint density at radius 3 is 2.43 bits per heavy atom. The summed E-state index contributed by atoms with van der Waals surface area (Å²) in [5, 5.41) is 25.2. The molecule has 4 atom stereocenters. The molecule has 1 unspecified atom stereocenters. The SMILES string of the molecule is C#Cc1c(F)ccc2cc(O)cc(-c3ncc4c(N5CCC[C@@](C)(O)C5)nc(OC[C@@]56CCCN5[C@H](COC(=O)N5CCC57CCN(C5CCN(c8ccc9c(c8)n(C)c(=O)n9C8CCC(=O)NC8=O)CC5)CC7)CC6)nc4c3F)c12. The minimum atomic E-state index is -1.02. The van der Waals surface area contributed by atoms with Crippen LogP contribution in [0.2, 0.25) is 0 Å². The van der Waals surface area contributed by atoms with Crippen LogP contribution < -0.4 is 25.5 Å². The van der Waals surface area contributed by atoms with Gasteiger partial charge < -0.3 is 39.3 Å². The molecule has 7 aliphatic rings. The number of anilines is 2. The number of nitrogens with zero attached hydrogens (tertiary/aromatic N) is 10. The van der Waals surface area contributed by atoms with Crippen LogP contribution in [0.1, 0.15) is 102 Å². The largest absolute Gasteiger partial charge is 0.508 e. The van der Waals surface area contributed by atoms with Crippen molar-refractivity contribution in [1.82, 2.24) is 44.1 Å². The van der Waals surface area contributed by atoms with Crippen LogP contribution in [0, 0.1) is 24.0 Å². The summed E-state index contributed by atoms with van der Waals surface area (Å²) >= 11 is 0. The van der Waals surface area contributed by atoms with Gasteiger partial charge in [-0.1, -0.05) is 12.0 Å². The summed E-state index contributed by atoms with van der Waals surface area (Å²) in [6.45, 7) is 8.04. The zero-order chi connectivity index (χ0) is 56.1. The van der Waals surface area contributed by atoms with Crippen molar-refractivity contribution < 1.29 is 42.9 Å². The Hall–Kier alpha value is -7.41. The van der Waals surface area contributed by atoms with Gasteiger partial charge in [-0.2, -0.15) is 9.97 Å². The number of piperidine rings is 4. The number of carbonyl (C=O) groups is 3. The van der Waals surface area contributed by atoms with Crippen molar-refractivity contribution in [2.75, 3.05) is 75.4 Å². The number of aromatic hydroxyl groups is 1. The molecule has 10 heterocycles. The van der Waals surface area contributed by atoms with Crippen LogP contribution in [0.5, 0.6) is 11.8 Å². The number of amides is 3. The van der Waals surface area contributed by atoms with Crippen LogP contribution in [0.15, 0.2) is 53.5 Å². The molecule has 3 amide bonds. The first-order valence-electron chi connectivity index (χ1n) is 28.7. The summed E-state index contributed by atoms with van der Waals surface area (Å²) in [6.07, 6.45) is 16.8. The van der Waals surface area contributed by atoms with Crippen LogP contribution in [0.3, 0.4) is 0 Å². The highest BCUT2D eigenvalue weighted by Crippen LogP contribution is 2.46. The number of pyridine rings is 1. The molecule has 7 aliphatic heterocycles. The van der Waals surface area contributed by atoms with E-state index >= 15 is 8.78 Å². The van der Waals surface area contributed by atoms with E-state index in [2.05, 4.69) is 35.9 Å². The number of aryl methyl sites for hydroxylation is 1. The van der Waals surface area contributed by atoms with Gasteiger partial charge >= 0.3 is 17.8 Å². The molecule has 7 saturated heterocycles. The van der Waals surface area contributed by atoms with E-state index in [1.165, 1.54) is 35.0 Å². The Bertz CT molecular complexity index is 3660. The third-order valence-corrected chi connectivity index (χ3v) is 19.2. The van der Waals surface area contributed by atoms with Gasteiger partial charge in [0.25, 0.3) is 0 Å². The summed E-state index contributed by atoms with van der Waals surface area (Å²) in [5.74, 6) is 0.314. The fraction of sp³-hybridized carbons (Fsp3) is 0.517. The first kappa shape index (κ1) is 52.9. The van der Waals surface area contributed by atoms with Gasteiger partial charge in [-0.3, -0.25) is 33.9 Å². The van der Waals surface area contributed by atoms with E-state index in [0.29, 0.717) is 60.5 Å². The molecule has 6 aromatic rings. The molecule has 3 N–H and O–H groups in total. The summed E-state index contributed by atoms with van der Waals surface area (Å²) in [6, 6.07) is 11.0. The molecule has 0 radical (unpaired) electrons. The number of aliphatic hydroxyl groups is 1. The molecule has 21 heteroatoms. The van der Waals surface area contributed by atoms with Crippen LogP contribution in [-0.2, 0) is 21.4 Å². The Morgan fingerprint density at radius 1 is 0.889 bits per heavy atom. The predicted molar refractivity (Wildman–Crippen MR) is 299 cm³/mol. The maximum absolute atomic E-state index is 17.3. The molecular weight excluding hydrogens is 1040 g/mol. The number of terminal acetylenes is 1. The molecule has 0 bridgehead atoms. The molecule has 0 aliphatic carbocycles. The zero-order valence-corrected chi connectivity index (χ0v) is 45.8. The van der Waals surface area contributed by atoms with Crippen molar-refractivity contribution in [3.05, 3.63) is 76.3 Å². The van der Waals surface area contributed by atoms with E-state index in [-0.39, 0.29) is 100 Å². The van der Waals surface area contributed by atoms with Crippen molar-refractivity contribution in [3.8, 4) is 35.4 Å². The number of imidazole rings is 1. The monoisotopic (exact) mass is 1110 g/mol. The number of halogens is 2. The highest BCUT2D eigenvalue weighted by Gasteiger charge is 2.53. The number of β-amino-alcohol motifs (C(OH)–C–C–N with tert-alkyl or cyclic N) is 1. The highest BCUT2D eigenvalue weighted by molar-refractivity contribution is 6.03. The second-order valence-electron chi connectivity index (χ2n) is 24.0. The summed E-state index contributed by atoms with van der Waals surface area (Å²) in [4.78, 5) is 77.2. The number of phenols is 1. The molecule has 7 fully saturated rings. The minimum Gasteiger partial charge on any atom is -0.508 e. The third-order valence-electron chi connectivity index (χ3n) is 19.2. The molecule has 3 aromatic heterocycles. The van der Waals surface area contributed by atoms with Gasteiger partial charge in [-0.05, 0) is 132 Å². The van der Waals surface area contributed by atoms with Gasteiger partial charge in [-0.15, -0.1) is 6.42 Å². The first-order chi connectivity index (χ1) is 39.0. The van der Waals surface area contributed by atoms with Crippen LogP contribution in [0.4, 0.5) is 25.1 Å². The Kier molecular flexibility index (Phi) is 13.2. The van der Waals surface area contributed by atoms with E-state index in [0.717, 1.165) is 102 Å². The lowest BCUT2D eigenvalue weighted by Gasteiger charge is -2.56. The van der Waals surface area contributed by atoms with Gasteiger partial charge in [0, 0.05) is 94.2 Å². The number of imide groups is 1. The quantitative estimate of drug-likeness (QED) is 0.0988. The average molecular weight is 1110 g/mol. The average Bonchev–Trinajstić information content (AvgIpc) is 4.17. The Morgan fingerprint density at radius 2 is 1.68 bits per heavy atom. The summed E-state index contributed by atoms with van der Waals surface area (Å²) in [7, 11) is 1.72. The molecule has 1 spiro atoms. The van der Waals surface area contributed by atoms with Crippen LogP contribution >= 0.6 is 0 Å². The molecule has 13 rings (SSSR count). The molecule has 81 heavy (non-hydrogen) atoms. The molecule has 3 aromatic carbocycles. The Labute approximate surface area is 466 Å². The maximum Gasteiger partial charge on any atom is 0.410 e. The van der Waals surface area contributed by atoms with E-state index in [1.54, 1.807) is 18.5 Å². The standard InChI is InChI=1S/C60H67F2N11O8/c1-4-41-44(61)9-7-36-29-40(74)31-42(49(36)41)51-50(62)52-43(32-63-51)53(70-22-5-16-58(2,79)34-70)66-55(65-52)81-35-60-17-6-23-71(60)39(13-18-60)33-80-57(78)72-28-21-59(72)19-26-69(27-20-59)37-14-24-68(25-15-37)38-8-10-45-47(30-38)67(3)56(77)73(45)46-11-12-48(75)64-54(46)76/h1,7-10,29-32,37,39,46,74,79H,5-6,11-28,33-35H2,2-3H3,(H,64,75,76)/t39-,46?,58+,60-/m0/s1. The number of aromatic nitrogens is 5. The fourth-order valence-corrected chi connectivity index (χ4v) is 14.8. The second kappa shape index (κ2) is 20.2. The van der Waals surface area contributed by atoms with E-state index < -0.39 is 29.2 Å². The molecule has 0 saturated carbocycles. The number of hydrogen-bond acceptors (Lipinski definition) is 15. The van der Waals surface area contributed by atoms with Gasteiger partial charge in [0.05, 0.1) is 38.7 Å². The van der Waals surface area contributed by atoms with Gasteiger partial charge in [-0.25, -0.2) is 18.4 Å². The number of phenolic OH excluding ortho intramolecular Hbond substituents is 1. The molecule has 424 valence electrons. The summed E-state index contributed by atoms with van der Waals surface area (Å²) in [5.41, 5.74) is 0.310. The number of rotatable bonds is 10. The topological polar surface area (TPSA) is 204 Å². The fourth-order valence-electron chi connectivity index (χ4n) is 14.8. The summed E-state index contributed by atoms with van der Waals surface area (Å²) < 4.78 is 48.2. The molecule has 19 nitrogen and oxygen atoms in total. The normalized spacial score (nSPS) is 25.4. The van der Waals surface area contributed by atoms with Crippen molar-refractivity contribution in [3.63, 3.8) is 0 Å². The highest BCUT2D eigenvalue weighted by atomic mass is 19.1. The number of hydrogen-bond donors (Lipinski definition) is 3. The van der Waals surface area contributed by atoms with Gasteiger partial charge in [0.2, 0.25) is 11.8 Å². The van der Waals surface area contributed by atoms with Crippen molar-refractivity contribution in [2.24, 2.45) is 7.05 Å². The minimum absolute atomic E-state index is 0.0117. The lowest BCUT2D eigenvalue weighted by atomic mass is 9.76. The van der Waals surface area contributed by atoms with Gasteiger partial charge in [0.1, 0.15) is 47.9 Å². The molecular formula is C60H67F2N11O8. The predicted octanol–water partition coefficient (Wildman–Crippen LogP) is 6.51. The van der Waals surface area contributed by atoms with E-state index in [1.807, 2.05) is 28.0 Å².